The van der Waals surface area contributed by atoms with Crippen LogP contribution in [0.2, 0.25) is 0 Å². The summed E-state index contributed by atoms with van der Waals surface area (Å²) in [5.41, 5.74) is 32.4. The summed E-state index contributed by atoms with van der Waals surface area (Å²) >= 11 is 0. The molecule has 0 amide bonds. The molecule has 13 heterocycles. The molecule has 0 spiro atoms. The van der Waals surface area contributed by atoms with Gasteiger partial charge in [-0.25, -0.2) is 37.8 Å². The third kappa shape index (κ3) is 13.9. The number of para-hydroxylation sites is 2. The van der Waals surface area contributed by atoms with Gasteiger partial charge in [0.15, 0.2) is 47.7 Å². The van der Waals surface area contributed by atoms with E-state index >= 15 is 0 Å². The molecule has 20 aromatic rings. The van der Waals surface area contributed by atoms with E-state index in [0.29, 0.717) is 17.1 Å². The van der Waals surface area contributed by atoms with Crippen molar-refractivity contribution in [1.29, 1.82) is 0 Å². The van der Waals surface area contributed by atoms with Gasteiger partial charge in [0.25, 0.3) is 0 Å². The van der Waals surface area contributed by atoms with Gasteiger partial charge >= 0.3 is 0 Å². The second-order valence-electron chi connectivity index (χ2n) is 30.3. The molecule has 7 aromatic carbocycles. The van der Waals surface area contributed by atoms with Crippen molar-refractivity contribution in [1.82, 2.24) is 15.0 Å². The zero-order valence-electron chi connectivity index (χ0n) is 68.3. The Morgan fingerprint density at radius 1 is 0.265 bits per heavy atom. The van der Waals surface area contributed by atoms with Crippen LogP contribution in [-0.2, 0) is 35.2 Å². The van der Waals surface area contributed by atoms with Crippen molar-refractivity contribution in [2.24, 2.45) is 35.2 Å². The zero-order valence-corrected chi connectivity index (χ0v) is 67.3. The molecule has 0 bridgehead atoms. The zero-order chi connectivity index (χ0) is 79.7. The van der Waals surface area contributed by atoms with Gasteiger partial charge in [0, 0.05) is 133 Å². The van der Waals surface area contributed by atoms with E-state index in [1.807, 2.05) is 115 Å². The molecule has 558 valence electrons. The van der Waals surface area contributed by atoms with Crippen molar-refractivity contribution in [2.75, 3.05) is 0 Å². The van der Waals surface area contributed by atoms with Gasteiger partial charge in [-0.05, 0) is 180 Å². The molecule has 0 N–H and O–H groups in total. The van der Waals surface area contributed by atoms with Crippen LogP contribution >= 0.6 is 0 Å². The Kier molecular flexibility index (Phi) is 19.4. The molecule has 0 unspecified atom stereocenters. The molecule has 13 heteroatoms. The van der Waals surface area contributed by atoms with Crippen molar-refractivity contribution >= 4 is 110 Å². The number of furan rings is 5. The number of aromatic nitrogens is 8. The van der Waals surface area contributed by atoms with Crippen LogP contribution < -0.4 is 22.8 Å². The van der Waals surface area contributed by atoms with Crippen LogP contribution in [0.1, 0.15) is 82.7 Å². The van der Waals surface area contributed by atoms with Gasteiger partial charge in [0.1, 0.15) is 57.6 Å². The smallest absolute Gasteiger partial charge is 0.227 e. The van der Waals surface area contributed by atoms with Crippen molar-refractivity contribution in [3.05, 3.63) is 311 Å². The van der Waals surface area contributed by atoms with Crippen LogP contribution in [0.3, 0.4) is 0 Å². The fourth-order valence-corrected chi connectivity index (χ4v) is 15.6. The van der Waals surface area contributed by atoms with Gasteiger partial charge in [0.2, 0.25) is 45.6 Å². The molecule has 0 radical (unpaired) electrons. The maximum atomic E-state index is 8.37. The summed E-state index contributed by atoms with van der Waals surface area (Å²) < 4.78 is 49.9. The Morgan fingerprint density at radius 3 is 0.894 bits per heavy atom. The van der Waals surface area contributed by atoms with Crippen molar-refractivity contribution < 1.29 is 46.3 Å². The molecule has 0 fully saturated rings. The van der Waals surface area contributed by atoms with Crippen LogP contribution in [0, 0.1) is 69.2 Å². The van der Waals surface area contributed by atoms with Crippen LogP contribution in [0.15, 0.2) is 271 Å². The van der Waals surface area contributed by atoms with E-state index in [9.17, 15) is 0 Å². The van der Waals surface area contributed by atoms with Gasteiger partial charge in [-0.1, -0.05) is 111 Å². The molecule has 113 heavy (non-hydrogen) atoms. The highest BCUT2D eigenvalue weighted by Gasteiger charge is 2.27. The largest absolute Gasteiger partial charge is 0.455 e. The normalized spacial score (nSPS) is 11.7. The minimum atomic E-state index is -0.640. The predicted molar refractivity (Wildman–Crippen MR) is 457 cm³/mol. The number of nitrogens with zero attached hydrogens (tertiary/aromatic N) is 8. The Balaban J connectivity index is 0.000000107. The van der Waals surface area contributed by atoms with E-state index in [2.05, 4.69) is 291 Å². The average molecular weight is 1490 g/mol. The second-order valence-corrected chi connectivity index (χ2v) is 30.3. The van der Waals surface area contributed by atoms with E-state index in [-0.39, 0.29) is 0 Å². The van der Waals surface area contributed by atoms with Crippen molar-refractivity contribution in [3.63, 3.8) is 0 Å². The van der Waals surface area contributed by atoms with Gasteiger partial charge in [-0.3, -0.25) is 0 Å². The number of hydrogen-bond acceptors (Lipinski definition) is 8. The summed E-state index contributed by atoms with van der Waals surface area (Å²) in [6, 6.07) is 75.4. The van der Waals surface area contributed by atoms with Crippen molar-refractivity contribution in [3.8, 4) is 56.3 Å². The number of hydrogen-bond donors (Lipinski definition) is 0. The Hall–Kier alpha value is -13.3. The van der Waals surface area contributed by atoms with Gasteiger partial charge in [-0.15, -0.1) is 0 Å². The first-order chi connectivity index (χ1) is 54.8. The highest BCUT2D eigenvalue weighted by Crippen LogP contribution is 2.43. The molecule has 0 aliphatic rings. The molecule has 0 saturated heterocycles. The van der Waals surface area contributed by atoms with E-state index < -0.39 is 5.89 Å². The number of fused-ring (bicyclic) bond motifs is 15. The van der Waals surface area contributed by atoms with Crippen LogP contribution in [0.5, 0.6) is 0 Å². The standard InChI is InChI=1S/C22H22NO.C20H19N2O.C20H18NO.2C19H17N2O/c1-14(2)16-11-12-23(4)19(13-16)21-15(3)9-10-18-17-7-5-6-8-20(17)24-22(18)21;1-12-9-10-22(4)17(11-12)18-13(2)5-7-15-16-8-6-14(3)21-20(16)23-19(15)18;1-13-10-11-21(3)17(12-13)19-14(2)8-9-16-15-6-4-5-7-18(15)22-20(16)19;2*1-12-7-9-14-15-10-8-13(2)20-19(15)22-18(14)17(12)16-6-4-5-11-21(16)3/h5-14H,1-4H3;5-11H,1-4H3;4-12H,1-3H3;2*4-11H,1-3H3/q5*+1/i14D;;;;. The third-order valence-electron chi connectivity index (χ3n) is 21.8. The first-order valence-corrected chi connectivity index (χ1v) is 38.4. The van der Waals surface area contributed by atoms with Gasteiger partial charge < -0.3 is 22.1 Å². The Labute approximate surface area is 659 Å². The SMILES string of the molecule is Cc1cc[n+](C)c(-c2c(C)ccc3c2oc2ccccc23)c1.Cc1cc[n+](C)c(-c2c(C)ccc3c2oc2nc(C)ccc23)c1.Cc1ccc2c(n1)oc1c(-c3cccc[n+]3C)c(C)ccc12.Cc1ccc2c(n1)oc1c(-c3cccc[n+]3C)c(C)ccc12.[2H]C(C)(C)c1cc[n+](C)c(-c2c(C)ccc3c2oc2ccccc23)c1. The average Bonchev–Trinajstić information content (AvgIpc) is 1.57. The van der Waals surface area contributed by atoms with Crippen LogP contribution in [-0.4, -0.2) is 15.0 Å². The topological polar surface area (TPSA) is 124 Å². The Morgan fingerprint density at radius 2 is 0.549 bits per heavy atom. The van der Waals surface area contributed by atoms with Gasteiger partial charge in [-0.2, -0.15) is 0 Å². The summed E-state index contributed by atoms with van der Waals surface area (Å²) in [5.74, 6) is -0.640. The second kappa shape index (κ2) is 30.2. The van der Waals surface area contributed by atoms with E-state index in [1.54, 1.807) is 0 Å². The summed E-state index contributed by atoms with van der Waals surface area (Å²) in [6.07, 6.45) is 10.3. The van der Waals surface area contributed by atoms with E-state index in [4.69, 9.17) is 23.5 Å². The lowest BCUT2D eigenvalue weighted by Gasteiger charge is -2.09. The molecule has 13 aromatic heterocycles. The molecule has 13 nitrogen and oxygen atoms in total. The fourth-order valence-electron chi connectivity index (χ4n) is 15.6. The van der Waals surface area contributed by atoms with Gasteiger partial charge in [0.05, 0.1) is 27.8 Å². The lowest BCUT2D eigenvalue weighted by atomic mass is 9.97. The molecule has 20 rings (SSSR count). The molecule has 0 aliphatic heterocycles. The maximum absolute atomic E-state index is 8.37. The highest BCUT2D eigenvalue weighted by molar-refractivity contribution is 6.13. The van der Waals surface area contributed by atoms with Crippen molar-refractivity contribution in [2.45, 2.75) is 89.0 Å². The fraction of sp³-hybridized carbons (Fsp3) is 0.180. The quantitative estimate of drug-likeness (QED) is 0.151. The third-order valence-corrected chi connectivity index (χ3v) is 21.8. The molecule has 0 atom stereocenters. The van der Waals surface area contributed by atoms with Crippen LogP contribution in [0.4, 0.5) is 0 Å². The Bertz CT molecular complexity index is 7020. The first-order valence-electron chi connectivity index (χ1n) is 38.9. The number of rotatable bonds is 6. The minimum Gasteiger partial charge on any atom is -0.455 e. The highest BCUT2D eigenvalue weighted by atomic mass is 16.4. The molecular weight excluding hydrogens is 1390 g/mol. The number of benzene rings is 7. The first kappa shape index (κ1) is 72.6. The predicted octanol–water partition coefficient (Wildman–Crippen LogP) is 22.8. The minimum absolute atomic E-state index is 0.640. The van der Waals surface area contributed by atoms with Crippen LogP contribution in [0.25, 0.3) is 166 Å². The summed E-state index contributed by atoms with van der Waals surface area (Å²) in [5, 5.41) is 11.2. The summed E-state index contributed by atoms with van der Waals surface area (Å²) in [7, 11) is 10.3. The number of aryl methyl sites for hydroxylation is 15. The molecular formula is C100H93N8O5+5. The molecule has 0 saturated carbocycles. The maximum Gasteiger partial charge on any atom is 0.227 e. The van der Waals surface area contributed by atoms with E-state index in [0.717, 1.165) is 150 Å². The summed E-state index contributed by atoms with van der Waals surface area (Å²) in [4.78, 5) is 13.6. The van der Waals surface area contributed by atoms with E-state index in [1.165, 1.54) is 61.0 Å². The number of pyridine rings is 8. The summed E-state index contributed by atoms with van der Waals surface area (Å²) in [6.45, 7) is 24.6. The lowest BCUT2D eigenvalue weighted by molar-refractivity contribution is -0.660. The molecule has 0 aliphatic carbocycles. The monoisotopic (exact) mass is 1490 g/mol. The lowest BCUT2D eigenvalue weighted by Crippen LogP contribution is -2.31.